The van der Waals surface area contributed by atoms with Crippen LogP contribution in [0, 0.1) is 5.92 Å². The first kappa shape index (κ1) is 52.5. The van der Waals surface area contributed by atoms with Gasteiger partial charge in [-0.1, -0.05) is 108 Å². The van der Waals surface area contributed by atoms with Gasteiger partial charge in [0.1, 0.15) is 19.8 Å². The van der Waals surface area contributed by atoms with Crippen molar-refractivity contribution in [3.8, 4) is 0 Å². The van der Waals surface area contributed by atoms with E-state index < -0.39 is 23.9 Å². The minimum atomic E-state index is -0.547. The van der Waals surface area contributed by atoms with Crippen LogP contribution in [0.4, 0.5) is 14.4 Å². The van der Waals surface area contributed by atoms with Crippen LogP contribution in [-0.4, -0.2) is 108 Å². The molecule has 0 saturated heterocycles. The molecular formula is C51H72N6O9. The number of carbonyl (C=O) groups excluding carboxylic acids is 6. The highest BCUT2D eigenvalue weighted by atomic mass is 16.5. The van der Waals surface area contributed by atoms with Crippen molar-refractivity contribution in [1.29, 1.82) is 0 Å². The molecule has 4 rings (SSSR count). The Bertz CT molecular complexity index is 2000. The monoisotopic (exact) mass is 913 g/mol. The molecular weight excluding hydrogens is 841 g/mol. The van der Waals surface area contributed by atoms with Crippen LogP contribution >= 0.6 is 0 Å². The highest BCUT2D eigenvalue weighted by Crippen LogP contribution is 2.32. The van der Waals surface area contributed by atoms with E-state index in [1.54, 1.807) is 30.6 Å². The van der Waals surface area contributed by atoms with E-state index in [2.05, 4.69) is 61.7 Å². The van der Waals surface area contributed by atoms with Crippen LogP contribution in [0.25, 0.3) is 0 Å². The fourth-order valence-electron chi connectivity index (χ4n) is 8.40. The molecule has 6 amide bonds. The fraction of sp³-hybridized carbons (Fsp3) is 0.529. The Hall–Kier alpha value is -6.12. The van der Waals surface area contributed by atoms with Crippen LogP contribution in [0.15, 0.2) is 85.0 Å². The lowest BCUT2D eigenvalue weighted by molar-refractivity contribution is -0.139. The van der Waals surface area contributed by atoms with E-state index in [-0.39, 0.29) is 93.9 Å². The summed E-state index contributed by atoms with van der Waals surface area (Å²) >= 11 is 0. The van der Waals surface area contributed by atoms with Gasteiger partial charge in [-0.05, 0) is 81.0 Å². The third-order valence-corrected chi connectivity index (χ3v) is 12.1. The number of ether oxygens (including phenoxy) is 3. The van der Waals surface area contributed by atoms with Crippen molar-refractivity contribution >= 4 is 36.0 Å². The van der Waals surface area contributed by atoms with Gasteiger partial charge in [-0.15, -0.1) is 0 Å². The molecule has 2 aromatic carbocycles. The van der Waals surface area contributed by atoms with Crippen LogP contribution in [0.2, 0.25) is 0 Å². The van der Waals surface area contributed by atoms with Gasteiger partial charge in [-0.25, -0.2) is 28.8 Å². The largest absolute Gasteiger partial charge is 0.460 e. The summed E-state index contributed by atoms with van der Waals surface area (Å²) in [5.74, 6) is -1.28. The zero-order valence-electron chi connectivity index (χ0n) is 39.8. The molecule has 66 heavy (non-hydrogen) atoms. The highest BCUT2D eigenvalue weighted by Gasteiger charge is 2.39. The summed E-state index contributed by atoms with van der Waals surface area (Å²) in [5, 5.41) is 8.84. The van der Waals surface area contributed by atoms with E-state index in [4.69, 9.17) is 14.2 Å². The minimum absolute atomic E-state index is 0.0277. The summed E-state index contributed by atoms with van der Waals surface area (Å²) < 4.78 is 15.7. The predicted molar refractivity (Wildman–Crippen MR) is 254 cm³/mol. The van der Waals surface area contributed by atoms with Gasteiger partial charge in [0.25, 0.3) is 0 Å². The van der Waals surface area contributed by atoms with Crippen molar-refractivity contribution in [3.63, 3.8) is 0 Å². The number of esters is 3. The first-order valence-electron chi connectivity index (χ1n) is 23.4. The summed E-state index contributed by atoms with van der Waals surface area (Å²) in [5.41, 5.74) is 4.68. The summed E-state index contributed by atoms with van der Waals surface area (Å²) in [4.78, 5) is 83.9. The summed E-state index contributed by atoms with van der Waals surface area (Å²) in [7, 11) is 0. The molecule has 2 aromatic rings. The maximum absolute atomic E-state index is 14.4. The number of aryl methyl sites for hydroxylation is 1. The first-order valence-corrected chi connectivity index (χ1v) is 23.4. The molecule has 3 N–H and O–H groups in total. The second-order valence-corrected chi connectivity index (χ2v) is 17.6. The lowest BCUT2D eigenvalue weighted by atomic mass is 9.85. The second kappa shape index (κ2) is 26.7. The first-order chi connectivity index (χ1) is 31.6. The SMILES string of the molecule is C=C(C)C(=O)OCCNC(=O)N(Cc1ccc(CN(C(=O)NCCOC(=O)C(=C)C)C2CCCCC2N(Cc2ccc(CC)cc2)C(=O)NCCOC(=O)C(=C)C)cc1)C1CCCCC1C. The Morgan fingerprint density at radius 1 is 0.500 bits per heavy atom. The zero-order chi connectivity index (χ0) is 48.2. The molecule has 0 bridgehead atoms. The third-order valence-electron chi connectivity index (χ3n) is 12.1. The van der Waals surface area contributed by atoms with Gasteiger partial charge < -0.3 is 44.9 Å². The van der Waals surface area contributed by atoms with Crippen LogP contribution in [-0.2, 0) is 54.6 Å². The highest BCUT2D eigenvalue weighted by molar-refractivity contribution is 5.88. The van der Waals surface area contributed by atoms with Gasteiger partial charge in [0.15, 0.2) is 0 Å². The Labute approximate surface area is 391 Å². The predicted octanol–water partition coefficient (Wildman–Crippen LogP) is 7.73. The number of hydrogen-bond acceptors (Lipinski definition) is 9. The van der Waals surface area contributed by atoms with Crippen molar-refractivity contribution in [3.05, 3.63) is 107 Å². The molecule has 2 saturated carbocycles. The van der Waals surface area contributed by atoms with Crippen LogP contribution in [0.1, 0.15) is 108 Å². The van der Waals surface area contributed by atoms with Crippen molar-refractivity contribution in [1.82, 2.24) is 30.7 Å². The van der Waals surface area contributed by atoms with Crippen molar-refractivity contribution < 1.29 is 43.0 Å². The molecule has 2 aliphatic rings. The van der Waals surface area contributed by atoms with Gasteiger partial charge in [0.05, 0.1) is 31.7 Å². The minimum Gasteiger partial charge on any atom is -0.460 e. The molecule has 15 nitrogen and oxygen atoms in total. The van der Waals surface area contributed by atoms with E-state index >= 15 is 0 Å². The van der Waals surface area contributed by atoms with E-state index in [9.17, 15) is 28.8 Å². The zero-order valence-corrected chi connectivity index (χ0v) is 39.8. The quantitative estimate of drug-likeness (QED) is 0.0462. The standard InChI is InChI=1S/C51H72N6O9/c1-9-39-18-20-40(21-19-39)33-56(50(62)53-27-30-65-47(59)36(4)5)44-16-12-13-17-45(44)57(51(63)54-28-31-66-48(60)37(6)7)34-42-24-22-41(23-25-42)32-55(43-15-11-10-14-38(43)8)49(61)52-26-29-64-46(58)35(2)3/h18-25,38,43-45H,2,4,6,9-17,26-34H2,1,3,5,7-8H3,(H,52,61)(H,53,62)(H,54,63). The molecule has 0 heterocycles. The van der Waals surface area contributed by atoms with E-state index in [0.29, 0.717) is 30.9 Å². The van der Waals surface area contributed by atoms with Gasteiger partial charge in [0, 0.05) is 42.4 Å². The van der Waals surface area contributed by atoms with Gasteiger partial charge in [-0.2, -0.15) is 0 Å². The lowest BCUT2D eigenvalue weighted by Crippen LogP contribution is -2.59. The van der Waals surface area contributed by atoms with Gasteiger partial charge in [0.2, 0.25) is 0 Å². The van der Waals surface area contributed by atoms with Crippen molar-refractivity contribution in [2.24, 2.45) is 5.92 Å². The Kier molecular flexibility index (Phi) is 21.3. The number of nitrogens with zero attached hydrogens (tertiary/aromatic N) is 3. The number of rotatable bonds is 22. The van der Waals surface area contributed by atoms with Crippen molar-refractivity contribution in [2.45, 2.75) is 130 Å². The van der Waals surface area contributed by atoms with Gasteiger partial charge >= 0.3 is 36.0 Å². The Morgan fingerprint density at radius 3 is 1.09 bits per heavy atom. The number of hydrogen-bond donors (Lipinski definition) is 3. The maximum Gasteiger partial charge on any atom is 0.333 e. The molecule has 0 aromatic heterocycles. The molecule has 0 spiro atoms. The third kappa shape index (κ3) is 16.4. The Balaban J connectivity index is 1.60. The Morgan fingerprint density at radius 2 is 0.788 bits per heavy atom. The lowest BCUT2D eigenvalue weighted by Gasteiger charge is -2.45. The van der Waals surface area contributed by atoms with Crippen LogP contribution in [0.5, 0.6) is 0 Å². The summed E-state index contributed by atoms with van der Waals surface area (Å²) in [6.45, 7) is 21.0. The molecule has 4 unspecified atom stereocenters. The molecule has 360 valence electrons. The number of nitrogens with one attached hydrogen (secondary N) is 3. The number of urea groups is 3. The van der Waals surface area contributed by atoms with E-state index in [1.165, 1.54) is 5.56 Å². The molecule has 0 radical (unpaired) electrons. The van der Waals surface area contributed by atoms with Gasteiger partial charge in [-0.3, -0.25) is 0 Å². The number of benzene rings is 2. The molecule has 4 atom stereocenters. The molecule has 15 heteroatoms. The fourth-order valence-corrected chi connectivity index (χ4v) is 8.40. The van der Waals surface area contributed by atoms with E-state index in [1.807, 2.05) is 41.3 Å². The number of carbonyl (C=O) groups is 6. The normalized spacial score (nSPS) is 17.8. The van der Waals surface area contributed by atoms with Crippen LogP contribution in [0.3, 0.4) is 0 Å². The number of amides is 6. The average molecular weight is 913 g/mol. The molecule has 2 aliphatic carbocycles. The van der Waals surface area contributed by atoms with E-state index in [0.717, 1.165) is 61.6 Å². The van der Waals surface area contributed by atoms with Crippen LogP contribution < -0.4 is 16.0 Å². The summed E-state index contributed by atoms with van der Waals surface area (Å²) in [6, 6.07) is 14.3. The molecule has 2 fully saturated rings. The smallest absolute Gasteiger partial charge is 0.333 e. The maximum atomic E-state index is 14.4. The summed E-state index contributed by atoms with van der Waals surface area (Å²) in [6.07, 6.45) is 7.89. The second-order valence-electron chi connectivity index (χ2n) is 17.6. The van der Waals surface area contributed by atoms with Crippen molar-refractivity contribution in [2.75, 3.05) is 39.5 Å². The topological polar surface area (TPSA) is 176 Å². The average Bonchev–Trinajstić information content (AvgIpc) is 3.31. The molecule has 0 aliphatic heterocycles.